The van der Waals surface area contributed by atoms with Crippen LogP contribution in [0.2, 0.25) is 0 Å². The molecule has 1 aromatic heterocycles. The summed E-state index contributed by atoms with van der Waals surface area (Å²) in [7, 11) is 0. The van der Waals surface area contributed by atoms with Crippen LogP contribution in [0.1, 0.15) is 19.8 Å². The highest BCUT2D eigenvalue weighted by molar-refractivity contribution is 5.95. The average Bonchev–Trinajstić information content (AvgIpc) is 3.20. The molecule has 1 fully saturated rings. The predicted molar refractivity (Wildman–Crippen MR) is 82.9 cm³/mol. The van der Waals surface area contributed by atoms with E-state index >= 15 is 0 Å². The lowest BCUT2D eigenvalue weighted by Crippen LogP contribution is -2.37. The van der Waals surface area contributed by atoms with E-state index in [1.807, 2.05) is 24.3 Å². The second kappa shape index (κ2) is 5.69. The number of anilines is 1. The van der Waals surface area contributed by atoms with Gasteiger partial charge in [0.1, 0.15) is 0 Å². The summed E-state index contributed by atoms with van der Waals surface area (Å²) in [6, 6.07) is 7.82. The summed E-state index contributed by atoms with van der Waals surface area (Å²) < 4.78 is 0. The third-order valence-corrected chi connectivity index (χ3v) is 4.35. The number of benzene rings is 1. The SMILES string of the molecule is CCC1(C(=O)Nc2ccc(-c3cnc[nH]3)cc2)CCNC1. The smallest absolute Gasteiger partial charge is 0.231 e. The first-order valence-electron chi connectivity index (χ1n) is 7.34. The lowest BCUT2D eigenvalue weighted by molar-refractivity contribution is -0.124. The molecule has 2 aromatic rings. The number of amides is 1. The minimum atomic E-state index is -0.262. The standard InChI is InChI=1S/C16H20N4O/c1-2-16(7-8-17-10-16)15(21)20-13-5-3-12(4-6-13)14-9-18-11-19-14/h3-6,9,11,17H,2,7-8,10H2,1H3,(H,18,19)(H,20,21). The van der Waals surface area contributed by atoms with Crippen LogP contribution in [0.15, 0.2) is 36.8 Å². The van der Waals surface area contributed by atoms with Gasteiger partial charge >= 0.3 is 0 Å². The molecule has 1 unspecified atom stereocenters. The van der Waals surface area contributed by atoms with E-state index in [0.717, 1.165) is 42.9 Å². The Morgan fingerprint density at radius 1 is 1.38 bits per heavy atom. The molecule has 2 heterocycles. The van der Waals surface area contributed by atoms with E-state index in [4.69, 9.17) is 0 Å². The van der Waals surface area contributed by atoms with Crippen LogP contribution in [-0.4, -0.2) is 29.0 Å². The normalized spacial score (nSPS) is 21.4. The molecule has 1 amide bonds. The van der Waals surface area contributed by atoms with E-state index in [2.05, 4.69) is 27.5 Å². The summed E-state index contributed by atoms with van der Waals surface area (Å²) in [6.07, 6.45) is 5.20. The second-order valence-electron chi connectivity index (χ2n) is 5.56. The van der Waals surface area contributed by atoms with Crippen LogP contribution in [0, 0.1) is 5.41 Å². The average molecular weight is 284 g/mol. The van der Waals surface area contributed by atoms with Gasteiger partial charge in [-0.1, -0.05) is 19.1 Å². The molecular weight excluding hydrogens is 264 g/mol. The van der Waals surface area contributed by atoms with Crippen LogP contribution in [0.4, 0.5) is 5.69 Å². The van der Waals surface area contributed by atoms with Crippen molar-refractivity contribution < 1.29 is 4.79 Å². The number of nitrogens with zero attached hydrogens (tertiary/aromatic N) is 1. The van der Waals surface area contributed by atoms with Crippen LogP contribution in [0.25, 0.3) is 11.3 Å². The fourth-order valence-corrected chi connectivity index (χ4v) is 2.81. The maximum absolute atomic E-state index is 12.5. The third-order valence-electron chi connectivity index (χ3n) is 4.35. The molecule has 3 rings (SSSR count). The molecule has 5 heteroatoms. The summed E-state index contributed by atoms with van der Waals surface area (Å²) >= 11 is 0. The van der Waals surface area contributed by atoms with Crippen molar-refractivity contribution in [1.29, 1.82) is 0 Å². The molecule has 5 nitrogen and oxygen atoms in total. The number of hydrogen-bond acceptors (Lipinski definition) is 3. The molecule has 1 aliphatic heterocycles. The number of carbonyl (C=O) groups excluding carboxylic acids is 1. The van der Waals surface area contributed by atoms with Gasteiger partial charge in [0.05, 0.1) is 23.6 Å². The Kier molecular flexibility index (Phi) is 3.75. The van der Waals surface area contributed by atoms with Gasteiger partial charge in [-0.15, -0.1) is 0 Å². The quantitative estimate of drug-likeness (QED) is 0.807. The van der Waals surface area contributed by atoms with Gasteiger partial charge in [-0.2, -0.15) is 0 Å². The molecule has 110 valence electrons. The Morgan fingerprint density at radius 3 is 2.76 bits per heavy atom. The first-order valence-corrected chi connectivity index (χ1v) is 7.34. The van der Waals surface area contributed by atoms with Crippen molar-refractivity contribution in [3.05, 3.63) is 36.8 Å². The van der Waals surface area contributed by atoms with Gasteiger partial charge in [-0.05, 0) is 37.1 Å². The summed E-state index contributed by atoms with van der Waals surface area (Å²) in [5, 5.41) is 6.33. The number of nitrogens with one attached hydrogen (secondary N) is 3. The Labute approximate surface area is 124 Å². The highest BCUT2D eigenvalue weighted by Gasteiger charge is 2.39. The van der Waals surface area contributed by atoms with Crippen molar-refractivity contribution in [2.75, 3.05) is 18.4 Å². The number of rotatable bonds is 4. The second-order valence-corrected chi connectivity index (χ2v) is 5.56. The minimum Gasteiger partial charge on any atom is -0.345 e. The van der Waals surface area contributed by atoms with Crippen molar-refractivity contribution >= 4 is 11.6 Å². The fourth-order valence-electron chi connectivity index (χ4n) is 2.81. The van der Waals surface area contributed by atoms with E-state index in [1.54, 1.807) is 12.5 Å². The van der Waals surface area contributed by atoms with E-state index in [0.29, 0.717) is 0 Å². The molecule has 0 saturated carbocycles. The molecule has 0 spiro atoms. The van der Waals surface area contributed by atoms with Crippen molar-refractivity contribution in [2.45, 2.75) is 19.8 Å². The van der Waals surface area contributed by atoms with E-state index in [1.165, 1.54) is 0 Å². The van der Waals surface area contributed by atoms with Gasteiger partial charge in [0.2, 0.25) is 5.91 Å². The van der Waals surface area contributed by atoms with Gasteiger partial charge in [0, 0.05) is 12.2 Å². The van der Waals surface area contributed by atoms with E-state index < -0.39 is 0 Å². The largest absolute Gasteiger partial charge is 0.345 e. The van der Waals surface area contributed by atoms with Crippen LogP contribution in [-0.2, 0) is 4.79 Å². The van der Waals surface area contributed by atoms with Gasteiger partial charge in [-0.25, -0.2) is 4.98 Å². The molecule has 0 aliphatic carbocycles. The molecule has 3 N–H and O–H groups in total. The molecule has 1 atom stereocenters. The minimum absolute atomic E-state index is 0.115. The van der Waals surface area contributed by atoms with Crippen LogP contribution in [0.5, 0.6) is 0 Å². The Bertz CT molecular complexity index is 598. The number of H-pyrrole nitrogens is 1. The zero-order chi connectivity index (χ0) is 14.7. The lowest BCUT2D eigenvalue weighted by atomic mass is 9.83. The Morgan fingerprint density at radius 2 is 2.19 bits per heavy atom. The van der Waals surface area contributed by atoms with Crippen LogP contribution < -0.4 is 10.6 Å². The van der Waals surface area contributed by atoms with Crippen molar-refractivity contribution in [2.24, 2.45) is 5.41 Å². The maximum Gasteiger partial charge on any atom is 0.231 e. The monoisotopic (exact) mass is 284 g/mol. The number of aromatic nitrogens is 2. The summed E-state index contributed by atoms with van der Waals surface area (Å²) in [5.41, 5.74) is 2.60. The lowest BCUT2D eigenvalue weighted by Gasteiger charge is -2.25. The zero-order valence-corrected chi connectivity index (χ0v) is 12.1. The molecule has 0 bridgehead atoms. The Balaban J connectivity index is 1.72. The zero-order valence-electron chi connectivity index (χ0n) is 12.1. The van der Waals surface area contributed by atoms with Gasteiger partial charge < -0.3 is 15.6 Å². The van der Waals surface area contributed by atoms with E-state index in [9.17, 15) is 4.79 Å². The summed E-state index contributed by atoms with van der Waals surface area (Å²) in [6.45, 7) is 3.76. The molecule has 1 saturated heterocycles. The van der Waals surface area contributed by atoms with Gasteiger partial charge in [0.15, 0.2) is 0 Å². The number of carbonyl (C=O) groups is 1. The predicted octanol–water partition coefficient (Wildman–Crippen LogP) is 2.40. The molecule has 1 aromatic carbocycles. The number of hydrogen-bond donors (Lipinski definition) is 3. The number of imidazole rings is 1. The van der Waals surface area contributed by atoms with E-state index in [-0.39, 0.29) is 11.3 Å². The third kappa shape index (κ3) is 2.69. The van der Waals surface area contributed by atoms with Gasteiger partial charge in [0.25, 0.3) is 0 Å². The Hall–Kier alpha value is -2.14. The molecule has 21 heavy (non-hydrogen) atoms. The molecule has 0 radical (unpaired) electrons. The maximum atomic E-state index is 12.5. The summed E-state index contributed by atoms with van der Waals surface area (Å²) in [5.74, 6) is 0.115. The highest BCUT2D eigenvalue weighted by Crippen LogP contribution is 2.31. The first kappa shape index (κ1) is 13.8. The fraction of sp³-hybridized carbons (Fsp3) is 0.375. The number of aromatic amines is 1. The van der Waals surface area contributed by atoms with Crippen molar-refractivity contribution in [3.63, 3.8) is 0 Å². The highest BCUT2D eigenvalue weighted by atomic mass is 16.2. The van der Waals surface area contributed by atoms with Crippen molar-refractivity contribution in [3.8, 4) is 11.3 Å². The first-order chi connectivity index (χ1) is 10.2. The van der Waals surface area contributed by atoms with Gasteiger partial charge in [-0.3, -0.25) is 4.79 Å². The summed E-state index contributed by atoms with van der Waals surface area (Å²) in [4.78, 5) is 19.6. The van der Waals surface area contributed by atoms with Crippen LogP contribution in [0.3, 0.4) is 0 Å². The molecular formula is C16H20N4O. The van der Waals surface area contributed by atoms with Crippen LogP contribution >= 0.6 is 0 Å². The van der Waals surface area contributed by atoms with Crippen molar-refractivity contribution in [1.82, 2.24) is 15.3 Å². The molecule has 1 aliphatic rings. The topological polar surface area (TPSA) is 69.8 Å².